The number of rotatable bonds is 1. The fraction of sp³-hybridized carbons (Fsp3) is 0.429. The number of hydrogen-bond donors (Lipinski definition) is 0. The first-order valence-electron chi connectivity index (χ1n) is 6.12. The molecule has 1 aromatic carbocycles. The lowest BCUT2D eigenvalue weighted by molar-refractivity contribution is -0.125. The van der Waals surface area contributed by atoms with E-state index in [-0.39, 0.29) is 23.4 Å². The van der Waals surface area contributed by atoms with Crippen LogP contribution >= 0.6 is 23.2 Å². The van der Waals surface area contributed by atoms with Crippen LogP contribution in [0, 0.1) is 11.8 Å². The SMILES string of the molecule is O=C1C(c2c(Cl)cccc2Cl)C(=O)C2CCCC12. The summed E-state index contributed by atoms with van der Waals surface area (Å²) in [5, 5.41) is 0.823. The Hall–Kier alpha value is -0.860. The van der Waals surface area contributed by atoms with E-state index >= 15 is 0 Å². The normalized spacial score (nSPS) is 30.9. The predicted molar refractivity (Wildman–Crippen MR) is 70.0 cm³/mol. The van der Waals surface area contributed by atoms with Crippen LogP contribution in [0.25, 0.3) is 0 Å². The summed E-state index contributed by atoms with van der Waals surface area (Å²) >= 11 is 12.2. The van der Waals surface area contributed by atoms with Gasteiger partial charge in [0.25, 0.3) is 0 Å². The molecular formula is C14H12Cl2O2. The molecule has 0 N–H and O–H groups in total. The average Bonchev–Trinajstić information content (AvgIpc) is 2.88. The van der Waals surface area contributed by atoms with E-state index in [9.17, 15) is 9.59 Å². The van der Waals surface area contributed by atoms with Crippen LogP contribution in [0.2, 0.25) is 10.0 Å². The molecule has 1 aromatic rings. The van der Waals surface area contributed by atoms with Gasteiger partial charge in [-0.3, -0.25) is 9.59 Å². The van der Waals surface area contributed by atoms with Crippen molar-refractivity contribution in [2.24, 2.45) is 11.8 Å². The van der Waals surface area contributed by atoms with E-state index in [1.807, 2.05) is 0 Å². The highest BCUT2D eigenvalue weighted by Gasteiger charge is 2.52. The van der Waals surface area contributed by atoms with Crippen LogP contribution in [0.3, 0.4) is 0 Å². The van der Waals surface area contributed by atoms with Gasteiger partial charge in [-0.2, -0.15) is 0 Å². The summed E-state index contributed by atoms with van der Waals surface area (Å²) in [6.45, 7) is 0. The van der Waals surface area contributed by atoms with Gasteiger partial charge < -0.3 is 0 Å². The molecule has 0 radical (unpaired) electrons. The highest BCUT2D eigenvalue weighted by Crippen LogP contribution is 2.48. The first kappa shape index (κ1) is 12.2. The predicted octanol–water partition coefficient (Wildman–Crippen LogP) is 3.65. The molecule has 0 amide bonds. The average molecular weight is 283 g/mol. The van der Waals surface area contributed by atoms with Gasteiger partial charge in [0.15, 0.2) is 11.6 Å². The topological polar surface area (TPSA) is 34.1 Å². The number of hydrogen-bond acceptors (Lipinski definition) is 2. The summed E-state index contributed by atoms with van der Waals surface area (Å²) in [5.74, 6) is -0.916. The lowest BCUT2D eigenvalue weighted by atomic mass is 9.92. The Kier molecular flexibility index (Phi) is 2.95. The van der Waals surface area contributed by atoms with Crippen LogP contribution < -0.4 is 0 Å². The third-order valence-corrected chi connectivity index (χ3v) is 4.76. The van der Waals surface area contributed by atoms with E-state index in [0.29, 0.717) is 15.6 Å². The van der Waals surface area contributed by atoms with Crippen molar-refractivity contribution in [3.05, 3.63) is 33.8 Å². The van der Waals surface area contributed by atoms with E-state index in [1.165, 1.54) is 0 Å². The van der Waals surface area contributed by atoms with Crippen molar-refractivity contribution in [2.75, 3.05) is 0 Å². The van der Waals surface area contributed by atoms with Crippen LogP contribution in [-0.4, -0.2) is 11.6 Å². The zero-order valence-corrected chi connectivity index (χ0v) is 11.2. The Balaban J connectivity index is 2.08. The van der Waals surface area contributed by atoms with E-state index in [0.717, 1.165) is 19.3 Å². The molecular weight excluding hydrogens is 271 g/mol. The summed E-state index contributed by atoms with van der Waals surface area (Å²) in [7, 11) is 0. The van der Waals surface area contributed by atoms with E-state index in [4.69, 9.17) is 23.2 Å². The van der Waals surface area contributed by atoms with Gasteiger partial charge in [0.2, 0.25) is 0 Å². The number of ketones is 2. The summed E-state index contributed by atoms with van der Waals surface area (Å²) in [6, 6.07) is 5.08. The number of fused-ring (bicyclic) bond motifs is 1. The third kappa shape index (κ3) is 1.63. The fourth-order valence-corrected chi connectivity index (χ4v) is 3.90. The van der Waals surface area contributed by atoms with Crippen LogP contribution in [0.4, 0.5) is 0 Å². The first-order valence-corrected chi connectivity index (χ1v) is 6.88. The molecule has 0 saturated heterocycles. The lowest BCUT2D eigenvalue weighted by Gasteiger charge is -2.13. The summed E-state index contributed by atoms with van der Waals surface area (Å²) in [6.07, 6.45) is 2.62. The molecule has 3 rings (SSSR count). The van der Waals surface area contributed by atoms with Gasteiger partial charge in [-0.05, 0) is 25.0 Å². The molecule has 4 heteroatoms. The molecule has 2 aliphatic carbocycles. The minimum absolute atomic E-state index is 0.0116. The largest absolute Gasteiger partial charge is 0.298 e. The Bertz CT molecular complexity index is 496. The maximum atomic E-state index is 12.4. The summed E-state index contributed by atoms with van der Waals surface area (Å²) in [5.41, 5.74) is 0.505. The van der Waals surface area contributed by atoms with Crippen LogP contribution in [0.15, 0.2) is 18.2 Å². The molecule has 2 nitrogen and oxygen atoms in total. The van der Waals surface area contributed by atoms with Gasteiger partial charge in [0, 0.05) is 27.4 Å². The van der Waals surface area contributed by atoms with Crippen molar-refractivity contribution >= 4 is 34.8 Å². The molecule has 0 bridgehead atoms. The zero-order chi connectivity index (χ0) is 12.9. The van der Waals surface area contributed by atoms with Crippen LogP contribution in [-0.2, 0) is 9.59 Å². The zero-order valence-electron chi connectivity index (χ0n) is 9.66. The molecule has 2 unspecified atom stereocenters. The standard InChI is InChI=1S/C14H12Cl2O2/c15-9-5-2-6-10(16)11(9)12-13(17)7-3-1-4-8(7)14(12)18/h2,5-8,12H,1,3-4H2. The van der Waals surface area contributed by atoms with E-state index in [2.05, 4.69) is 0 Å². The van der Waals surface area contributed by atoms with E-state index < -0.39 is 5.92 Å². The van der Waals surface area contributed by atoms with Gasteiger partial charge in [-0.15, -0.1) is 0 Å². The Morgan fingerprint density at radius 3 is 1.94 bits per heavy atom. The van der Waals surface area contributed by atoms with E-state index in [1.54, 1.807) is 18.2 Å². The van der Waals surface area contributed by atoms with Crippen molar-refractivity contribution in [2.45, 2.75) is 25.2 Å². The highest BCUT2D eigenvalue weighted by molar-refractivity contribution is 6.37. The van der Waals surface area contributed by atoms with Gasteiger partial charge in [-0.25, -0.2) is 0 Å². The third-order valence-electron chi connectivity index (χ3n) is 4.10. The fourth-order valence-electron chi connectivity index (χ4n) is 3.28. The molecule has 0 aromatic heterocycles. The molecule has 0 aliphatic heterocycles. The second-order valence-corrected chi connectivity index (χ2v) is 5.83. The molecule has 2 saturated carbocycles. The maximum Gasteiger partial charge on any atom is 0.151 e. The van der Waals surface area contributed by atoms with Gasteiger partial charge >= 0.3 is 0 Å². The van der Waals surface area contributed by atoms with Crippen molar-refractivity contribution in [1.29, 1.82) is 0 Å². The monoisotopic (exact) mass is 282 g/mol. The van der Waals surface area contributed by atoms with Crippen molar-refractivity contribution < 1.29 is 9.59 Å². The van der Waals surface area contributed by atoms with Gasteiger partial charge in [-0.1, -0.05) is 35.7 Å². The second kappa shape index (κ2) is 4.36. The quantitative estimate of drug-likeness (QED) is 0.737. The summed E-state index contributed by atoms with van der Waals surface area (Å²) < 4.78 is 0. The molecule has 94 valence electrons. The first-order chi connectivity index (χ1) is 8.61. The van der Waals surface area contributed by atoms with Crippen LogP contribution in [0.5, 0.6) is 0 Å². The van der Waals surface area contributed by atoms with Gasteiger partial charge in [0.05, 0.1) is 0 Å². The number of Topliss-reactive ketones (excluding diaryl/α,β-unsaturated/α-hetero) is 2. The van der Waals surface area contributed by atoms with Gasteiger partial charge in [0.1, 0.15) is 5.92 Å². The number of benzene rings is 1. The van der Waals surface area contributed by atoms with Crippen LogP contribution in [0.1, 0.15) is 30.7 Å². The lowest BCUT2D eigenvalue weighted by Crippen LogP contribution is -2.16. The number of halogens is 2. The minimum Gasteiger partial charge on any atom is -0.298 e. The number of carbonyl (C=O) groups excluding carboxylic acids is 2. The molecule has 2 fully saturated rings. The summed E-state index contributed by atoms with van der Waals surface area (Å²) in [4.78, 5) is 24.7. The molecule has 0 heterocycles. The maximum absolute atomic E-state index is 12.4. The molecule has 18 heavy (non-hydrogen) atoms. The smallest absolute Gasteiger partial charge is 0.151 e. The molecule has 2 atom stereocenters. The Morgan fingerprint density at radius 2 is 1.44 bits per heavy atom. The number of carbonyl (C=O) groups is 2. The Morgan fingerprint density at radius 1 is 0.944 bits per heavy atom. The van der Waals surface area contributed by atoms with Crippen molar-refractivity contribution in [3.63, 3.8) is 0 Å². The minimum atomic E-state index is -0.735. The second-order valence-electron chi connectivity index (χ2n) is 5.02. The van der Waals surface area contributed by atoms with Crippen molar-refractivity contribution in [1.82, 2.24) is 0 Å². The van der Waals surface area contributed by atoms with Crippen molar-refractivity contribution in [3.8, 4) is 0 Å². The Labute approximate surface area is 115 Å². The molecule has 2 aliphatic rings. The molecule has 0 spiro atoms. The highest BCUT2D eigenvalue weighted by atomic mass is 35.5.